The maximum absolute atomic E-state index is 13.5. The van der Waals surface area contributed by atoms with E-state index in [4.69, 9.17) is 39.5 Å². The van der Waals surface area contributed by atoms with Crippen LogP contribution in [0.4, 0.5) is 18.0 Å². The highest BCUT2D eigenvalue weighted by Crippen LogP contribution is 2.45. The Balaban J connectivity index is 1.51. The predicted octanol–water partition coefficient (Wildman–Crippen LogP) is 0.821. The van der Waals surface area contributed by atoms with E-state index < -0.39 is 87.6 Å². The zero-order chi connectivity index (χ0) is 34.0. The van der Waals surface area contributed by atoms with Gasteiger partial charge in [-0.3, -0.25) is 24.6 Å². The second-order valence-corrected chi connectivity index (χ2v) is 13.7. The molecule has 1 spiro atoms. The SMILES string of the molecule is C=C1NC2[C@H](CN3C(=O)CCC3=O)N=C(NC(=O)OCC(Cl)(Cl)Cl)N3CC(NC(=O)c4cc(C)cc(C(F)(F)F)c4)C(O)(O)C23N1. The number of hydrogen-bond donors (Lipinski definition) is 6. The summed E-state index contributed by atoms with van der Waals surface area (Å²) in [5.41, 5.74) is -3.46. The molecule has 0 aliphatic carbocycles. The second kappa shape index (κ2) is 11.6. The summed E-state index contributed by atoms with van der Waals surface area (Å²) < 4.78 is 43.3. The van der Waals surface area contributed by atoms with E-state index in [9.17, 15) is 42.6 Å². The fourth-order valence-electron chi connectivity index (χ4n) is 6.04. The molecule has 4 aliphatic rings. The van der Waals surface area contributed by atoms with Crippen LogP contribution >= 0.6 is 34.8 Å². The van der Waals surface area contributed by atoms with Crippen LogP contribution in [-0.2, 0) is 20.5 Å². The fraction of sp³-hybridized carbons (Fsp3) is 0.500. The van der Waals surface area contributed by atoms with Crippen molar-refractivity contribution in [3.05, 3.63) is 47.3 Å². The van der Waals surface area contributed by atoms with E-state index in [1.807, 2.05) is 0 Å². The third kappa shape index (κ3) is 6.13. The van der Waals surface area contributed by atoms with Gasteiger partial charge in [0.05, 0.1) is 30.0 Å². The number of alkyl carbamates (subject to hydrolysis) is 1. The first-order valence-corrected chi connectivity index (χ1v) is 14.7. The summed E-state index contributed by atoms with van der Waals surface area (Å²) >= 11 is 17.0. The number of rotatable bonds is 5. The van der Waals surface area contributed by atoms with Crippen molar-refractivity contribution in [2.75, 3.05) is 19.7 Å². The summed E-state index contributed by atoms with van der Waals surface area (Å²) in [6.07, 6.45) is -6.04. The van der Waals surface area contributed by atoms with Gasteiger partial charge < -0.3 is 35.8 Å². The Morgan fingerprint density at radius 3 is 2.43 bits per heavy atom. The van der Waals surface area contributed by atoms with Crippen molar-refractivity contribution in [1.29, 1.82) is 0 Å². The number of likely N-dealkylation sites (tertiary alicyclic amines) is 1. The normalized spacial score (nSPS) is 27.0. The van der Waals surface area contributed by atoms with Gasteiger partial charge in [-0.1, -0.05) is 41.4 Å². The summed E-state index contributed by atoms with van der Waals surface area (Å²) in [6.45, 7) is 3.61. The number of aliphatic hydroxyl groups is 2. The lowest BCUT2D eigenvalue weighted by Gasteiger charge is -2.49. The van der Waals surface area contributed by atoms with Crippen molar-refractivity contribution in [3.63, 3.8) is 0 Å². The van der Waals surface area contributed by atoms with Gasteiger partial charge in [-0.15, -0.1) is 0 Å². The quantitative estimate of drug-likeness (QED) is 0.145. The smallest absolute Gasteiger partial charge is 0.416 e. The van der Waals surface area contributed by atoms with Crippen LogP contribution < -0.4 is 21.3 Å². The molecule has 5 rings (SSSR count). The topological polar surface area (TPSA) is 185 Å². The molecule has 0 saturated carbocycles. The Kier molecular flexibility index (Phi) is 8.55. The van der Waals surface area contributed by atoms with Crippen LogP contribution in [0.1, 0.15) is 34.3 Å². The first kappa shape index (κ1) is 33.8. The molecule has 3 saturated heterocycles. The number of carbonyl (C=O) groups is 4. The summed E-state index contributed by atoms with van der Waals surface area (Å²) in [5.74, 6) is -5.35. The molecule has 6 N–H and O–H groups in total. The Bertz CT molecular complexity index is 1520. The van der Waals surface area contributed by atoms with E-state index in [2.05, 4.69) is 32.8 Å². The number of alkyl halides is 6. The third-order valence-corrected chi connectivity index (χ3v) is 8.29. The maximum Gasteiger partial charge on any atom is 0.416 e. The van der Waals surface area contributed by atoms with Gasteiger partial charge in [0.1, 0.15) is 12.6 Å². The van der Waals surface area contributed by atoms with E-state index in [-0.39, 0.29) is 36.7 Å². The van der Waals surface area contributed by atoms with Gasteiger partial charge in [0.15, 0.2) is 5.66 Å². The highest BCUT2D eigenvalue weighted by atomic mass is 35.6. The highest BCUT2D eigenvalue weighted by Gasteiger charge is 2.74. The summed E-state index contributed by atoms with van der Waals surface area (Å²) in [6, 6.07) is -1.31. The van der Waals surface area contributed by atoms with Gasteiger partial charge in [-0.2, -0.15) is 13.2 Å². The number of halogens is 6. The molecule has 4 heterocycles. The number of aryl methyl sites for hydroxylation is 1. The lowest BCUT2D eigenvalue weighted by molar-refractivity contribution is -0.231. The Hall–Kier alpha value is -3.51. The number of hydrogen-bond acceptors (Lipinski definition) is 11. The zero-order valence-corrected chi connectivity index (χ0v) is 26.0. The van der Waals surface area contributed by atoms with Gasteiger partial charge >= 0.3 is 12.3 Å². The molecule has 20 heteroatoms. The third-order valence-electron chi connectivity index (χ3n) is 7.97. The molecule has 0 radical (unpaired) electrons. The monoisotopic (exact) mass is 711 g/mol. The zero-order valence-electron chi connectivity index (χ0n) is 23.8. The molecular weight excluding hydrogens is 686 g/mol. The molecule has 250 valence electrons. The van der Waals surface area contributed by atoms with Crippen LogP contribution in [0, 0.1) is 6.92 Å². The predicted molar refractivity (Wildman–Crippen MR) is 155 cm³/mol. The van der Waals surface area contributed by atoms with Gasteiger partial charge in [-0.05, 0) is 30.7 Å². The number of nitrogens with one attached hydrogen (secondary N) is 4. The number of carbonyl (C=O) groups excluding carboxylic acids is 4. The Morgan fingerprint density at radius 1 is 1.17 bits per heavy atom. The van der Waals surface area contributed by atoms with Crippen LogP contribution in [0.15, 0.2) is 35.6 Å². The van der Waals surface area contributed by atoms with Gasteiger partial charge in [0.25, 0.3) is 5.91 Å². The number of aliphatic imine (C=N–C) groups is 1. The van der Waals surface area contributed by atoms with Crippen LogP contribution in [-0.4, -0.2) is 103 Å². The van der Waals surface area contributed by atoms with E-state index in [0.717, 1.165) is 11.0 Å². The first-order chi connectivity index (χ1) is 21.2. The van der Waals surface area contributed by atoms with Crippen molar-refractivity contribution in [1.82, 2.24) is 31.1 Å². The summed E-state index contributed by atoms with van der Waals surface area (Å²) in [5, 5.41) is 34.0. The number of benzene rings is 1. The average Bonchev–Trinajstić information content (AvgIpc) is 3.53. The largest absolute Gasteiger partial charge is 0.445 e. The number of amides is 4. The molecule has 3 fully saturated rings. The van der Waals surface area contributed by atoms with Gasteiger partial charge in [0.2, 0.25) is 27.4 Å². The molecule has 1 aromatic rings. The molecule has 0 aromatic heterocycles. The van der Waals surface area contributed by atoms with Crippen LogP contribution in [0.3, 0.4) is 0 Å². The molecule has 3 unspecified atom stereocenters. The second-order valence-electron chi connectivity index (χ2n) is 11.2. The van der Waals surface area contributed by atoms with Crippen molar-refractivity contribution in [2.45, 2.75) is 59.3 Å². The Labute approximate surface area is 273 Å². The van der Waals surface area contributed by atoms with E-state index in [0.29, 0.717) is 6.07 Å². The van der Waals surface area contributed by atoms with Gasteiger partial charge in [-0.25, -0.2) is 9.79 Å². The van der Waals surface area contributed by atoms with E-state index >= 15 is 0 Å². The van der Waals surface area contributed by atoms with Crippen molar-refractivity contribution >= 4 is 64.6 Å². The lowest BCUT2D eigenvalue weighted by atomic mass is 9.85. The number of nitrogens with zero attached hydrogens (tertiary/aromatic N) is 3. The van der Waals surface area contributed by atoms with E-state index in [1.165, 1.54) is 17.9 Å². The summed E-state index contributed by atoms with van der Waals surface area (Å²) in [4.78, 5) is 57.5. The molecule has 46 heavy (non-hydrogen) atoms. The number of ether oxygens (including phenoxy) is 1. The molecule has 0 bridgehead atoms. The van der Waals surface area contributed by atoms with E-state index in [1.54, 1.807) is 0 Å². The van der Waals surface area contributed by atoms with Crippen LogP contribution in [0.5, 0.6) is 0 Å². The minimum absolute atomic E-state index is 0.0438. The standard InChI is InChI=1S/C26H27Cl3F3N7O7/c1-11-5-13(7-14(6-11)26(30,31)32)20(42)35-16-9-39-21(36-22(43)46-10-23(27,28)29)34-15(8-38-17(40)3-4-18(38)41)19-24(39,25(16,44)45)37-12(2)33-19/h5-7,15-16,19,33,37,44-45H,2-4,8-10H2,1H3,(H,35,42)(H,34,36,43)/t15-,16?,19?,24?/m0/s1. The average molecular weight is 713 g/mol. The minimum atomic E-state index is -4.76. The van der Waals surface area contributed by atoms with Crippen LogP contribution in [0.25, 0.3) is 0 Å². The molecule has 4 amide bonds. The lowest BCUT2D eigenvalue weighted by Crippen LogP contribution is -2.78. The highest BCUT2D eigenvalue weighted by molar-refractivity contribution is 6.67. The summed E-state index contributed by atoms with van der Waals surface area (Å²) in [7, 11) is 0. The number of guanidine groups is 1. The van der Waals surface area contributed by atoms with Gasteiger partial charge in [0, 0.05) is 24.9 Å². The fourth-order valence-corrected chi connectivity index (χ4v) is 6.20. The van der Waals surface area contributed by atoms with Crippen molar-refractivity contribution < 1.29 is 47.3 Å². The molecular formula is C26H27Cl3F3N7O7. The molecule has 1 aromatic carbocycles. The number of imide groups is 1. The molecule has 14 nitrogen and oxygen atoms in total. The van der Waals surface area contributed by atoms with Crippen LogP contribution in [0.2, 0.25) is 0 Å². The minimum Gasteiger partial charge on any atom is -0.445 e. The van der Waals surface area contributed by atoms with Crippen molar-refractivity contribution in [2.24, 2.45) is 4.99 Å². The Morgan fingerprint density at radius 2 is 1.83 bits per heavy atom. The van der Waals surface area contributed by atoms with Crippen molar-refractivity contribution in [3.8, 4) is 0 Å². The molecule has 4 aliphatic heterocycles. The maximum atomic E-state index is 13.5. The first-order valence-electron chi connectivity index (χ1n) is 13.6. The molecule has 4 atom stereocenters.